The van der Waals surface area contributed by atoms with Gasteiger partial charge >= 0.3 is 0 Å². The summed E-state index contributed by atoms with van der Waals surface area (Å²) in [6.07, 6.45) is 1.05. The number of nitrogens with zero attached hydrogens (tertiary/aromatic N) is 2. The largest absolute Gasteiger partial charge is 0.357 e. The number of hydrogen-bond acceptors (Lipinski definition) is 4. The van der Waals surface area contributed by atoms with E-state index in [4.69, 9.17) is 11.6 Å². The predicted octanol–water partition coefficient (Wildman–Crippen LogP) is 2.58. The van der Waals surface area contributed by atoms with Gasteiger partial charge in [-0.25, -0.2) is 8.42 Å². The van der Waals surface area contributed by atoms with Crippen LogP contribution in [0.5, 0.6) is 0 Å². The number of carbonyl (C=O) groups excluding carboxylic acids is 2. The van der Waals surface area contributed by atoms with Crippen LogP contribution in [0, 0.1) is 6.92 Å². The van der Waals surface area contributed by atoms with E-state index < -0.39 is 28.5 Å². The molecule has 2 aromatic rings. The number of sulfonamides is 1. The van der Waals surface area contributed by atoms with E-state index in [1.807, 2.05) is 13.0 Å². The van der Waals surface area contributed by atoms with Crippen LogP contribution in [0.15, 0.2) is 48.5 Å². The van der Waals surface area contributed by atoms with E-state index in [2.05, 4.69) is 5.32 Å². The molecule has 1 unspecified atom stereocenters. The fourth-order valence-electron chi connectivity index (χ4n) is 3.02. The van der Waals surface area contributed by atoms with Crippen molar-refractivity contribution in [1.82, 2.24) is 10.2 Å². The molecule has 2 aromatic carbocycles. The minimum absolute atomic E-state index is 0.111. The van der Waals surface area contributed by atoms with Crippen LogP contribution in [0.2, 0.25) is 5.02 Å². The average molecular weight is 452 g/mol. The van der Waals surface area contributed by atoms with Gasteiger partial charge in [-0.15, -0.1) is 0 Å². The first-order chi connectivity index (χ1) is 14.0. The van der Waals surface area contributed by atoms with Crippen molar-refractivity contribution in [2.45, 2.75) is 26.4 Å². The Kier molecular flexibility index (Phi) is 7.86. The molecule has 0 radical (unpaired) electrons. The monoisotopic (exact) mass is 451 g/mol. The van der Waals surface area contributed by atoms with Crippen molar-refractivity contribution in [1.29, 1.82) is 0 Å². The molecule has 1 N–H and O–H groups in total. The number of rotatable bonds is 8. The van der Waals surface area contributed by atoms with Crippen LogP contribution in [-0.4, -0.2) is 51.0 Å². The quantitative estimate of drug-likeness (QED) is 0.668. The van der Waals surface area contributed by atoms with E-state index in [0.717, 1.165) is 21.7 Å². The number of likely N-dealkylation sites (N-methyl/N-ethyl adjacent to an activating group) is 1. The molecule has 0 saturated carbocycles. The van der Waals surface area contributed by atoms with Gasteiger partial charge < -0.3 is 10.2 Å². The minimum Gasteiger partial charge on any atom is -0.357 e. The topological polar surface area (TPSA) is 86.8 Å². The van der Waals surface area contributed by atoms with Crippen LogP contribution in [0.1, 0.15) is 18.1 Å². The third-order valence-electron chi connectivity index (χ3n) is 4.62. The molecule has 0 saturated heterocycles. The molecule has 0 fully saturated rings. The summed E-state index contributed by atoms with van der Waals surface area (Å²) in [5, 5.41) is 3.03. The van der Waals surface area contributed by atoms with Gasteiger partial charge in [-0.1, -0.05) is 35.9 Å². The van der Waals surface area contributed by atoms with Gasteiger partial charge in [-0.05, 0) is 49.2 Å². The first-order valence-electron chi connectivity index (χ1n) is 9.33. The van der Waals surface area contributed by atoms with Crippen molar-refractivity contribution in [2.75, 3.05) is 24.2 Å². The molecular formula is C21H26ClN3O4S. The Bertz CT molecular complexity index is 1030. The number of aryl methyl sites for hydroxylation is 1. The van der Waals surface area contributed by atoms with Crippen LogP contribution >= 0.6 is 11.6 Å². The van der Waals surface area contributed by atoms with Gasteiger partial charge in [0.1, 0.15) is 12.6 Å². The Morgan fingerprint density at radius 2 is 1.80 bits per heavy atom. The highest BCUT2D eigenvalue weighted by Gasteiger charge is 2.29. The minimum atomic E-state index is -3.73. The maximum absolute atomic E-state index is 13.2. The maximum Gasteiger partial charge on any atom is 0.244 e. The van der Waals surface area contributed by atoms with E-state index in [0.29, 0.717) is 10.7 Å². The number of nitrogens with one attached hydrogen (secondary N) is 1. The number of carbonyl (C=O) groups is 2. The molecule has 9 heteroatoms. The summed E-state index contributed by atoms with van der Waals surface area (Å²) in [7, 11) is -2.25. The van der Waals surface area contributed by atoms with Gasteiger partial charge in [0, 0.05) is 18.6 Å². The van der Waals surface area contributed by atoms with Crippen molar-refractivity contribution in [2.24, 2.45) is 0 Å². The number of benzene rings is 2. The zero-order chi connectivity index (χ0) is 22.5. The lowest BCUT2D eigenvalue weighted by Crippen LogP contribution is -2.50. The molecule has 0 aliphatic rings. The first-order valence-corrected chi connectivity index (χ1v) is 11.6. The Morgan fingerprint density at radius 3 is 2.37 bits per heavy atom. The van der Waals surface area contributed by atoms with Crippen molar-refractivity contribution in [3.63, 3.8) is 0 Å². The van der Waals surface area contributed by atoms with E-state index in [1.54, 1.807) is 49.4 Å². The maximum atomic E-state index is 13.2. The van der Waals surface area contributed by atoms with Crippen LogP contribution in [0.4, 0.5) is 5.69 Å². The second-order valence-corrected chi connectivity index (χ2v) is 9.39. The van der Waals surface area contributed by atoms with Crippen molar-refractivity contribution >= 4 is 39.1 Å². The first kappa shape index (κ1) is 23.7. The molecule has 0 spiro atoms. The van der Waals surface area contributed by atoms with Gasteiger partial charge in [-0.2, -0.15) is 0 Å². The zero-order valence-corrected chi connectivity index (χ0v) is 19.0. The molecule has 0 aliphatic heterocycles. The van der Waals surface area contributed by atoms with Crippen LogP contribution < -0.4 is 9.62 Å². The molecule has 0 aromatic heterocycles. The highest BCUT2D eigenvalue weighted by atomic mass is 35.5. The summed E-state index contributed by atoms with van der Waals surface area (Å²) in [5.74, 6) is -0.857. The van der Waals surface area contributed by atoms with Crippen LogP contribution in [0.3, 0.4) is 0 Å². The molecule has 0 aliphatic carbocycles. The summed E-state index contributed by atoms with van der Waals surface area (Å²) in [4.78, 5) is 26.8. The SMILES string of the molecule is CNC(=O)C(C)N(Cc1cccc(Cl)c1)C(=O)CN(c1cccc(C)c1)S(C)(=O)=O. The Balaban J connectivity index is 2.38. The van der Waals surface area contributed by atoms with Gasteiger partial charge in [-0.3, -0.25) is 13.9 Å². The standard InChI is InChI=1S/C21H26ClN3O4S/c1-15-7-5-10-19(11-15)25(30(4,28)29)14-20(26)24(16(2)21(27)23-3)13-17-8-6-9-18(22)12-17/h5-12,16H,13-14H2,1-4H3,(H,23,27). The second-order valence-electron chi connectivity index (χ2n) is 7.05. The van der Waals surface area contributed by atoms with E-state index in [9.17, 15) is 18.0 Å². The lowest BCUT2D eigenvalue weighted by molar-refractivity contribution is -0.139. The molecule has 7 nitrogen and oxygen atoms in total. The van der Waals surface area contributed by atoms with Gasteiger partial charge in [0.2, 0.25) is 21.8 Å². The predicted molar refractivity (Wildman–Crippen MR) is 119 cm³/mol. The normalized spacial score (nSPS) is 12.2. The molecule has 0 bridgehead atoms. The average Bonchev–Trinajstić information content (AvgIpc) is 2.68. The van der Waals surface area contributed by atoms with Crippen molar-refractivity contribution < 1.29 is 18.0 Å². The summed E-state index contributed by atoms with van der Waals surface area (Å²) < 4.78 is 25.9. The molecule has 0 heterocycles. The third kappa shape index (κ3) is 6.21. The van der Waals surface area contributed by atoms with Crippen LogP contribution in [-0.2, 0) is 26.2 Å². The number of amides is 2. The lowest BCUT2D eigenvalue weighted by Gasteiger charge is -2.31. The lowest BCUT2D eigenvalue weighted by atomic mass is 10.1. The summed E-state index contributed by atoms with van der Waals surface area (Å²) in [5.41, 5.74) is 1.98. The summed E-state index contributed by atoms with van der Waals surface area (Å²) in [6.45, 7) is 3.12. The molecule has 1 atom stereocenters. The summed E-state index contributed by atoms with van der Waals surface area (Å²) >= 11 is 6.05. The van der Waals surface area contributed by atoms with Crippen molar-refractivity contribution in [3.8, 4) is 0 Å². The number of anilines is 1. The third-order valence-corrected chi connectivity index (χ3v) is 6.00. The molecule has 2 amide bonds. The molecule has 30 heavy (non-hydrogen) atoms. The van der Waals surface area contributed by atoms with E-state index in [-0.39, 0.29) is 12.5 Å². The number of hydrogen-bond donors (Lipinski definition) is 1. The zero-order valence-electron chi connectivity index (χ0n) is 17.4. The Hall–Kier alpha value is -2.58. The fraction of sp³-hybridized carbons (Fsp3) is 0.333. The highest BCUT2D eigenvalue weighted by molar-refractivity contribution is 7.92. The smallest absolute Gasteiger partial charge is 0.244 e. The summed E-state index contributed by atoms with van der Waals surface area (Å²) in [6, 6.07) is 13.0. The highest BCUT2D eigenvalue weighted by Crippen LogP contribution is 2.20. The molecular weight excluding hydrogens is 426 g/mol. The van der Waals surface area contributed by atoms with Crippen molar-refractivity contribution in [3.05, 3.63) is 64.7 Å². The van der Waals surface area contributed by atoms with Gasteiger partial charge in [0.25, 0.3) is 0 Å². The van der Waals surface area contributed by atoms with E-state index >= 15 is 0 Å². The molecule has 162 valence electrons. The fourth-order valence-corrected chi connectivity index (χ4v) is 4.07. The van der Waals surface area contributed by atoms with E-state index in [1.165, 1.54) is 11.9 Å². The van der Waals surface area contributed by atoms with Crippen LogP contribution in [0.25, 0.3) is 0 Å². The Labute approximate surface area is 182 Å². The Morgan fingerprint density at radius 1 is 1.13 bits per heavy atom. The number of halogens is 1. The molecule has 2 rings (SSSR count). The second kappa shape index (κ2) is 9.95. The van der Waals surface area contributed by atoms with Gasteiger partial charge in [0.05, 0.1) is 11.9 Å². The van der Waals surface area contributed by atoms with Gasteiger partial charge in [0.15, 0.2) is 0 Å².